The second-order valence-corrected chi connectivity index (χ2v) is 8.79. The van der Waals surface area contributed by atoms with Gasteiger partial charge in [-0.25, -0.2) is 15.0 Å². The molecule has 0 radical (unpaired) electrons. The van der Waals surface area contributed by atoms with Crippen molar-refractivity contribution in [3.63, 3.8) is 0 Å². The van der Waals surface area contributed by atoms with Gasteiger partial charge in [0.1, 0.15) is 17.3 Å². The summed E-state index contributed by atoms with van der Waals surface area (Å²) in [5, 5.41) is 21.6. The first-order valence-corrected chi connectivity index (χ1v) is 12.0. The Hall–Kier alpha value is -3.85. The molecule has 1 aliphatic heterocycles. The number of hydrogen-bond acceptors (Lipinski definition) is 7. The number of piperidine rings is 1. The maximum absolute atomic E-state index is 13.2. The number of amides is 1. The normalized spacial score (nSPS) is 19.1. The van der Waals surface area contributed by atoms with Crippen LogP contribution in [0.15, 0.2) is 54.7 Å². The molecule has 4 rings (SSSR count). The van der Waals surface area contributed by atoms with Gasteiger partial charge >= 0.3 is 0 Å². The summed E-state index contributed by atoms with van der Waals surface area (Å²) in [6.07, 6.45) is 3.44. The number of aliphatic hydroxyl groups excluding tert-OH is 1. The van der Waals surface area contributed by atoms with Gasteiger partial charge in [-0.1, -0.05) is 49.7 Å². The van der Waals surface area contributed by atoms with Crippen molar-refractivity contribution in [2.75, 3.05) is 18.0 Å². The van der Waals surface area contributed by atoms with Crippen LogP contribution in [0.25, 0.3) is 0 Å². The lowest BCUT2D eigenvalue weighted by molar-refractivity contribution is -0.122. The number of aryl methyl sites for hydroxylation is 3. The van der Waals surface area contributed by atoms with Crippen LogP contribution in [0.5, 0.6) is 0 Å². The van der Waals surface area contributed by atoms with Gasteiger partial charge in [0.25, 0.3) is 12.4 Å². The highest BCUT2D eigenvalue weighted by Gasteiger charge is 2.45. The lowest BCUT2D eigenvalue weighted by atomic mass is 9.78. The van der Waals surface area contributed by atoms with Crippen LogP contribution in [0.1, 0.15) is 52.9 Å². The lowest BCUT2D eigenvalue weighted by Crippen LogP contribution is -2.62. The molecule has 0 aliphatic carbocycles. The minimum Gasteiger partial charge on any atom is -0.483 e. The predicted octanol–water partition coefficient (Wildman–Crippen LogP) is 3.04. The Balaban J connectivity index is 0.00000115. The molecule has 0 unspecified atom stereocenters. The zero-order valence-corrected chi connectivity index (χ0v) is 20.9. The Morgan fingerprint density at radius 1 is 1.17 bits per heavy atom. The summed E-state index contributed by atoms with van der Waals surface area (Å²) in [5.74, 6) is 1.29. The summed E-state index contributed by atoms with van der Waals surface area (Å²) in [6.45, 7) is 6.60. The fourth-order valence-corrected chi connectivity index (χ4v) is 4.56. The molecule has 1 aromatic carbocycles. The summed E-state index contributed by atoms with van der Waals surface area (Å²) < 4.78 is 0. The maximum Gasteiger partial charge on any atom is 0.290 e. The number of aliphatic hydroxyl groups is 1. The molecule has 1 aliphatic rings. The van der Waals surface area contributed by atoms with E-state index in [1.165, 1.54) is 0 Å². The molecule has 3 N–H and O–H groups in total. The first kappa shape index (κ1) is 26.7. The van der Waals surface area contributed by atoms with Crippen molar-refractivity contribution in [2.24, 2.45) is 0 Å². The van der Waals surface area contributed by atoms with Crippen molar-refractivity contribution < 1.29 is 19.8 Å². The molecule has 1 saturated heterocycles. The largest absolute Gasteiger partial charge is 0.483 e. The van der Waals surface area contributed by atoms with Gasteiger partial charge in [-0.05, 0) is 44.4 Å². The summed E-state index contributed by atoms with van der Waals surface area (Å²) in [6, 6.07) is 15.1. The van der Waals surface area contributed by atoms with Crippen LogP contribution < -0.4 is 10.2 Å². The van der Waals surface area contributed by atoms with Crippen molar-refractivity contribution in [3.05, 3.63) is 83.1 Å². The number of aromatic nitrogens is 3. The fourth-order valence-electron chi connectivity index (χ4n) is 4.56. The molecule has 3 heterocycles. The number of nitrogens with one attached hydrogen (secondary N) is 1. The molecule has 1 fully saturated rings. The molecular formula is C27H33N5O4. The van der Waals surface area contributed by atoms with Crippen LogP contribution in [-0.4, -0.2) is 56.7 Å². The van der Waals surface area contributed by atoms with E-state index in [0.717, 1.165) is 35.5 Å². The molecular weight excluding hydrogens is 458 g/mol. The molecule has 9 heteroatoms. The van der Waals surface area contributed by atoms with Crippen LogP contribution in [0, 0.1) is 13.8 Å². The standard InChI is InChI=1S/C26H31N5O2.CH2O2/c1-4-9-20-16-27-19(3)29-24(20)31-15-14-26(23(32)17-31,21-11-6-5-7-12-21)30-25(33)22-13-8-10-18(2)28-22;2-1-3/h5-8,10-13,16,23,32H,4,9,14-15,17H2,1-3H3,(H,30,33);1H,(H,2,3)/t23-,26+;/m1./s1. The third-order valence-corrected chi connectivity index (χ3v) is 6.27. The highest BCUT2D eigenvalue weighted by molar-refractivity contribution is 5.93. The van der Waals surface area contributed by atoms with E-state index in [9.17, 15) is 9.90 Å². The van der Waals surface area contributed by atoms with Crippen molar-refractivity contribution in [2.45, 2.75) is 51.7 Å². The van der Waals surface area contributed by atoms with Gasteiger partial charge in [0.2, 0.25) is 0 Å². The molecule has 0 saturated carbocycles. The number of β-amino-alcohol motifs (C(OH)–C–C–N with tert-alkyl or cyclic N) is 1. The van der Waals surface area contributed by atoms with Crippen LogP contribution in [0.2, 0.25) is 0 Å². The molecule has 0 spiro atoms. The van der Waals surface area contributed by atoms with Gasteiger partial charge < -0.3 is 20.4 Å². The Bertz CT molecular complexity index is 1170. The Morgan fingerprint density at radius 2 is 1.89 bits per heavy atom. The van der Waals surface area contributed by atoms with E-state index in [-0.39, 0.29) is 12.4 Å². The Morgan fingerprint density at radius 3 is 2.53 bits per heavy atom. The summed E-state index contributed by atoms with van der Waals surface area (Å²) in [7, 11) is 0. The quantitative estimate of drug-likeness (QED) is 0.449. The van der Waals surface area contributed by atoms with Gasteiger partial charge in [0, 0.05) is 30.5 Å². The number of carbonyl (C=O) groups is 2. The fraction of sp³-hybridized carbons (Fsp3) is 0.370. The first-order valence-electron chi connectivity index (χ1n) is 12.0. The van der Waals surface area contributed by atoms with Crippen LogP contribution in [0.3, 0.4) is 0 Å². The lowest BCUT2D eigenvalue weighted by Gasteiger charge is -2.47. The molecule has 1 amide bonds. The van der Waals surface area contributed by atoms with Gasteiger partial charge in [0.05, 0.1) is 11.6 Å². The monoisotopic (exact) mass is 491 g/mol. The average molecular weight is 492 g/mol. The number of benzene rings is 1. The van der Waals surface area contributed by atoms with Crippen molar-refractivity contribution >= 4 is 18.2 Å². The Kier molecular flexibility index (Phi) is 9.08. The average Bonchev–Trinajstić information content (AvgIpc) is 2.87. The van der Waals surface area contributed by atoms with Crippen LogP contribution in [-0.2, 0) is 16.8 Å². The van der Waals surface area contributed by atoms with E-state index < -0.39 is 11.6 Å². The number of anilines is 1. The first-order chi connectivity index (χ1) is 17.3. The van der Waals surface area contributed by atoms with E-state index in [1.807, 2.05) is 62.5 Å². The minimum absolute atomic E-state index is 0.250. The third kappa shape index (κ3) is 6.04. The molecule has 190 valence electrons. The van der Waals surface area contributed by atoms with Crippen molar-refractivity contribution in [1.82, 2.24) is 20.3 Å². The third-order valence-electron chi connectivity index (χ3n) is 6.27. The van der Waals surface area contributed by atoms with Gasteiger partial charge in [-0.3, -0.25) is 9.59 Å². The van der Waals surface area contributed by atoms with Gasteiger partial charge in [-0.2, -0.15) is 0 Å². The van der Waals surface area contributed by atoms with Gasteiger partial charge in [-0.15, -0.1) is 0 Å². The van der Waals surface area contributed by atoms with E-state index in [1.54, 1.807) is 6.07 Å². The number of carbonyl (C=O) groups excluding carboxylic acids is 1. The zero-order valence-electron chi connectivity index (χ0n) is 20.9. The highest BCUT2D eigenvalue weighted by Crippen LogP contribution is 2.36. The number of pyridine rings is 1. The van der Waals surface area contributed by atoms with E-state index in [2.05, 4.69) is 27.1 Å². The number of nitrogens with zero attached hydrogens (tertiary/aromatic N) is 4. The smallest absolute Gasteiger partial charge is 0.290 e. The molecule has 3 aromatic rings. The van der Waals surface area contributed by atoms with Crippen molar-refractivity contribution in [1.29, 1.82) is 0 Å². The molecule has 9 nitrogen and oxygen atoms in total. The molecule has 0 bridgehead atoms. The number of hydrogen-bond donors (Lipinski definition) is 3. The van der Waals surface area contributed by atoms with Crippen LogP contribution in [0.4, 0.5) is 5.82 Å². The highest BCUT2D eigenvalue weighted by atomic mass is 16.3. The predicted molar refractivity (Wildman–Crippen MR) is 137 cm³/mol. The van der Waals surface area contributed by atoms with Crippen LogP contribution >= 0.6 is 0 Å². The van der Waals surface area contributed by atoms with Gasteiger partial charge in [0.15, 0.2) is 0 Å². The second kappa shape index (κ2) is 12.2. The summed E-state index contributed by atoms with van der Waals surface area (Å²) >= 11 is 0. The zero-order chi connectivity index (χ0) is 26.1. The minimum atomic E-state index is -0.923. The molecule has 2 atom stereocenters. The maximum atomic E-state index is 13.2. The van der Waals surface area contributed by atoms with E-state index in [0.29, 0.717) is 31.0 Å². The van der Waals surface area contributed by atoms with E-state index in [4.69, 9.17) is 14.9 Å². The number of rotatable bonds is 6. The number of carboxylic acid groups (broad SMARTS) is 1. The topological polar surface area (TPSA) is 129 Å². The SMILES string of the molecule is CCCc1cnc(C)nc1N1CC[C@](NC(=O)c2cccc(C)n2)(c2ccccc2)[C@H](O)C1.O=CO. The van der Waals surface area contributed by atoms with Crippen molar-refractivity contribution in [3.8, 4) is 0 Å². The van der Waals surface area contributed by atoms with E-state index >= 15 is 0 Å². The summed E-state index contributed by atoms with van der Waals surface area (Å²) in [5.41, 5.74) is 2.15. The Labute approximate surface area is 211 Å². The summed E-state index contributed by atoms with van der Waals surface area (Å²) in [4.78, 5) is 37.1. The second-order valence-electron chi connectivity index (χ2n) is 8.79. The molecule has 36 heavy (non-hydrogen) atoms. The molecule has 2 aromatic heterocycles.